The van der Waals surface area contributed by atoms with E-state index in [1.807, 2.05) is 6.92 Å². The van der Waals surface area contributed by atoms with Crippen molar-refractivity contribution in [2.24, 2.45) is 0 Å². The Morgan fingerprint density at radius 2 is 1.69 bits per heavy atom. The molecule has 2 N–H and O–H groups in total. The molecule has 0 saturated heterocycles. The van der Waals surface area contributed by atoms with Crippen molar-refractivity contribution < 1.29 is 22.7 Å². The Kier molecular flexibility index (Phi) is 9.00. The normalized spacial score (nSPS) is 12.0. The highest BCUT2D eigenvalue weighted by molar-refractivity contribution is 7.92. The smallest absolute Gasteiger partial charge is 0.338 e. The van der Waals surface area contributed by atoms with Crippen LogP contribution in [0.5, 0.6) is 0 Å². The third kappa shape index (κ3) is 7.50. The summed E-state index contributed by atoms with van der Waals surface area (Å²) in [5.74, 6) is -0.532. The molecule has 1 atom stereocenters. The predicted molar refractivity (Wildman–Crippen MR) is 138 cm³/mol. The van der Waals surface area contributed by atoms with Crippen LogP contribution in [0.15, 0.2) is 59.5 Å². The number of nitrogens with zero attached hydrogens (tertiary/aromatic N) is 2. The first kappa shape index (κ1) is 27.1. The standard InChI is InChI=1S/C25H27ClN4O5S/c1-4-5-6-22(35-25(32)18-7-9-19(26)10-8-18)24(31)29-20-11-13-21(14-12-20)36(33,34)30-23-15-16(2)27-17(3)28-23/h7-15,22H,4-6H2,1-3H3,(H,29,31)(H,27,28,30). The fraction of sp³-hybridized carbons (Fsp3) is 0.280. The van der Waals surface area contributed by atoms with E-state index in [9.17, 15) is 18.0 Å². The molecule has 0 fully saturated rings. The zero-order valence-corrected chi connectivity index (χ0v) is 21.7. The Labute approximate surface area is 215 Å². The zero-order chi connectivity index (χ0) is 26.3. The number of amides is 1. The van der Waals surface area contributed by atoms with Crippen molar-refractivity contribution in [3.05, 3.63) is 76.7 Å². The topological polar surface area (TPSA) is 127 Å². The fourth-order valence-electron chi connectivity index (χ4n) is 3.32. The van der Waals surface area contributed by atoms with Gasteiger partial charge >= 0.3 is 5.97 Å². The molecule has 9 nitrogen and oxygen atoms in total. The molecule has 1 heterocycles. The Morgan fingerprint density at radius 3 is 2.31 bits per heavy atom. The van der Waals surface area contributed by atoms with Gasteiger partial charge < -0.3 is 10.1 Å². The molecule has 3 rings (SSSR count). The molecule has 0 aliphatic heterocycles. The number of hydrogen-bond donors (Lipinski definition) is 2. The summed E-state index contributed by atoms with van der Waals surface area (Å²) in [6.45, 7) is 5.38. The maximum absolute atomic E-state index is 12.9. The van der Waals surface area contributed by atoms with E-state index < -0.39 is 28.0 Å². The van der Waals surface area contributed by atoms with Gasteiger partial charge in [0.1, 0.15) is 11.6 Å². The van der Waals surface area contributed by atoms with E-state index >= 15 is 0 Å². The molecule has 0 aliphatic carbocycles. The summed E-state index contributed by atoms with van der Waals surface area (Å²) in [6.07, 6.45) is 0.822. The molecule has 0 saturated carbocycles. The molecule has 1 aromatic heterocycles. The maximum atomic E-state index is 12.9. The minimum atomic E-state index is -3.90. The van der Waals surface area contributed by atoms with E-state index in [4.69, 9.17) is 16.3 Å². The number of aromatic nitrogens is 2. The number of esters is 1. The summed E-state index contributed by atoms with van der Waals surface area (Å²) in [7, 11) is -3.90. The van der Waals surface area contributed by atoms with Crippen molar-refractivity contribution in [3.8, 4) is 0 Å². The molecule has 36 heavy (non-hydrogen) atoms. The number of ether oxygens (including phenoxy) is 1. The van der Waals surface area contributed by atoms with Crippen LogP contribution >= 0.6 is 11.6 Å². The Balaban J connectivity index is 1.69. The number of hydrogen-bond acceptors (Lipinski definition) is 7. The van der Waals surface area contributed by atoms with Gasteiger partial charge in [-0.2, -0.15) is 0 Å². The van der Waals surface area contributed by atoms with Crippen LogP contribution in [0.25, 0.3) is 0 Å². The van der Waals surface area contributed by atoms with Gasteiger partial charge in [-0.15, -0.1) is 0 Å². The first-order valence-corrected chi connectivity index (χ1v) is 13.2. The van der Waals surface area contributed by atoms with Gasteiger partial charge in [-0.05, 0) is 75.2 Å². The number of anilines is 2. The molecule has 0 bridgehead atoms. The van der Waals surface area contributed by atoms with Gasteiger partial charge in [-0.3, -0.25) is 9.52 Å². The molecular weight excluding hydrogens is 504 g/mol. The molecule has 0 aliphatic rings. The number of sulfonamides is 1. The molecule has 3 aromatic rings. The summed E-state index contributed by atoms with van der Waals surface area (Å²) < 4.78 is 33.4. The number of carbonyl (C=O) groups excluding carboxylic acids is 2. The van der Waals surface area contributed by atoms with E-state index in [2.05, 4.69) is 20.0 Å². The first-order valence-electron chi connectivity index (χ1n) is 11.3. The van der Waals surface area contributed by atoms with E-state index in [1.165, 1.54) is 42.5 Å². The van der Waals surface area contributed by atoms with Gasteiger partial charge in [0, 0.05) is 22.5 Å². The Hall–Kier alpha value is -3.50. The van der Waals surface area contributed by atoms with Crippen molar-refractivity contribution in [2.45, 2.75) is 51.0 Å². The fourth-order valence-corrected chi connectivity index (χ4v) is 4.44. The van der Waals surface area contributed by atoms with E-state index in [0.29, 0.717) is 35.1 Å². The first-order chi connectivity index (χ1) is 17.1. The largest absolute Gasteiger partial charge is 0.449 e. The predicted octanol–water partition coefficient (Wildman–Crippen LogP) is 4.90. The van der Waals surface area contributed by atoms with Crippen molar-refractivity contribution >= 4 is 45.0 Å². The molecule has 1 unspecified atom stereocenters. The van der Waals surface area contributed by atoms with Crippen LogP contribution in [-0.2, 0) is 19.6 Å². The monoisotopic (exact) mass is 530 g/mol. The highest BCUT2D eigenvalue weighted by Gasteiger charge is 2.24. The van der Waals surface area contributed by atoms with Gasteiger partial charge in [0.05, 0.1) is 10.5 Å². The minimum Gasteiger partial charge on any atom is -0.449 e. The van der Waals surface area contributed by atoms with E-state index in [0.717, 1.165) is 6.42 Å². The Bertz CT molecular complexity index is 1310. The summed E-state index contributed by atoms with van der Waals surface area (Å²) in [6, 6.07) is 13.4. The van der Waals surface area contributed by atoms with E-state index in [1.54, 1.807) is 26.0 Å². The molecule has 190 valence electrons. The van der Waals surface area contributed by atoms with Crippen LogP contribution < -0.4 is 10.0 Å². The third-order valence-electron chi connectivity index (χ3n) is 5.08. The average Bonchev–Trinajstić information content (AvgIpc) is 2.81. The molecule has 11 heteroatoms. The minimum absolute atomic E-state index is 0.00823. The number of nitrogens with one attached hydrogen (secondary N) is 2. The van der Waals surface area contributed by atoms with Crippen LogP contribution in [-0.4, -0.2) is 36.4 Å². The highest BCUT2D eigenvalue weighted by atomic mass is 35.5. The molecule has 1 amide bonds. The quantitative estimate of drug-likeness (QED) is 0.357. The van der Waals surface area contributed by atoms with Crippen LogP contribution in [0.2, 0.25) is 5.02 Å². The number of aryl methyl sites for hydroxylation is 2. The van der Waals surface area contributed by atoms with E-state index in [-0.39, 0.29) is 16.3 Å². The van der Waals surface area contributed by atoms with Crippen molar-refractivity contribution in [3.63, 3.8) is 0 Å². The molecule has 0 spiro atoms. The van der Waals surface area contributed by atoms with Crippen molar-refractivity contribution in [1.82, 2.24) is 9.97 Å². The van der Waals surface area contributed by atoms with Crippen LogP contribution in [0.3, 0.4) is 0 Å². The van der Waals surface area contributed by atoms with Gasteiger partial charge in [0.2, 0.25) is 0 Å². The number of rotatable bonds is 10. The van der Waals surface area contributed by atoms with Crippen LogP contribution in [0, 0.1) is 13.8 Å². The third-order valence-corrected chi connectivity index (χ3v) is 6.70. The molecular formula is C25H27ClN4O5S. The van der Waals surface area contributed by atoms with Gasteiger partial charge in [0.15, 0.2) is 6.10 Å². The van der Waals surface area contributed by atoms with Crippen molar-refractivity contribution in [1.29, 1.82) is 0 Å². The van der Waals surface area contributed by atoms with Crippen LogP contribution in [0.1, 0.15) is 48.1 Å². The van der Waals surface area contributed by atoms with Gasteiger partial charge in [0.25, 0.3) is 15.9 Å². The lowest BCUT2D eigenvalue weighted by Crippen LogP contribution is -2.32. The van der Waals surface area contributed by atoms with Crippen LogP contribution in [0.4, 0.5) is 11.5 Å². The average molecular weight is 531 g/mol. The lowest BCUT2D eigenvalue weighted by molar-refractivity contribution is -0.125. The number of unbranched alkanes of at least 4 members (excludes halogenated alkanes) is 1. The molecule has 2 aromatic carbocycles. The van der Waals surface area contributed by atoms with Gasteiger partial charge in [-0.25, -0.2) is 23.2 Å². The summed E-state index contributed by atoms with van der Waals surface area (Å²) in [5.41, 5.74) is 1.27. The second kappa shape index (κ2) is 12.0. The molecule has 0 radical (unpaired) electrons. The lowest BCUT2D eigenvalue weighted by atomic mass is 10.1. The Morgan fingerprint density at radius 1 is 1.03 bits per heavy atom. The second-order valence-corrected chi connectivity index (χ2v) is 10.2. The zero-order valence-electron chi connectivity index (χ0n) is 20.1. The summed E-state index contributed by atoms with van der Waals surface area (Å²) in [5, 5.41) is 3.17. The van der Waals surface area contributed by atoms with Crippen molar-refractivity contribution in [2.75, 3.05) is 10.0 Å². The van der Waals surface area contributed by atoms with Gasteiger partial charge in [-0.1, -0.05) is 24.9 Å². The highest BCUT2D eigenvalue weighted by Crippen LogP contribution is 2.19. The summed E-state index contributed by atoms with van der Waals surface area (Å²) >= 11 is 5.86. The lowest BCUT2D eigenvalue weighted by Gasteiger charge is -2.18. The maximum Gasteiger partial charge on any atom is 0.338 e. The number of carbonyl (C=O) groups is 2. The SMILES string of the molecule is CCCCC(OC(=O)c1ccc(Cl)cc1)C(=O)Nc1ccc(S(=O)(=O)Nc2cc(C)nc(C)n2)cc1. The number of halogens is 1. The summed E-state index contributed by atoms with van der Waals surface area (Å²) in [4.78, 5) is 33.6. The second-order valence-electron chi connectivity index (χ2n) is 8.10. The number of benzene rings is 2.